The predicted octanol–water partition coefficient (Wildman–Crippen LogP) is 2.90. The van der Waals surface area contributed by atoms with Gasteiger partial charge in [-0.3, -0.25) is 4.79 Å². The molecule has 1 amide bonds. The molecule has 2 aliphatic rings. The van der Waals surface area contributed by atoms with Crippen LogP contribution in [-0.2, 0) is 0 Å². The fraction of sp³-hybridized carbons (Fsp3) is 0.706. The molecule has 116 valence electrons. The average Bonchev–Trinajstić information content (AvgIpc) is 3.10. The number of hydrogen-bond donors (Lipinski definition) is 0. The molecule has 2 aliphatic heterocycles. The standard InChI is InChI=1S/C17H26N2O2/c1-11-12(2)21-13(3)16(11)17(20)19-10-6-8-15(19)14-7-5-9-18(14)4/h14-15H,5-10H2,1-4H3/t14-,15-/m0/s1. The molecule has 2 fully saturated rings. The monoisotopic (exact) mass is 290 g/mol. The quantitative estimate of drug-likeness (QED) is 0.840. The van der Waals surface area contributed by atoms with Gasteiger partial charge in [0.1, 0.15) is 11.5 Å². The minimum absolute atomic E-state index is 0.171. The van der Waals surface area contributed by atoms with Crippen LogP contribution in [0.2, 0.25) is 0 Å². The Morgan fingerprint density at radius 2 is 1.71 bits per heavy atom. The third kappa shape index (κ3) is 2.39. The summed E-state index contributed by atoms with van der Waals surface area (Å²) in [6.07, 6.45) is 4.72. The maximum absolute atomic E-state index is 13.0. The van der Waals surface area contributed by atoms with Gasteiger partial charge < -0.3 is 14.2 Å². The molecule has 0 bridgehead atoms. The van der Waals surface area contributed by atoms with Crippen LogP contribution in [0.3, 0.4) is 0 Å². The third-order valence-corrected chi connectivity index (χ3v) is 5.36. The fourth-order valence-corrected chi connectivity index (χ4v) is 4.12. The van der Waals surface area contributed by atoms with Crippen molar-refractivity contribution in [2.45, 2.75) is 58.5 Å². The van der Waals surface area contributed by atoms with Crippen molar-refractivity contribution in [2.24, 2.45) is 0 Å². The average molecular weight is 290 g/mol. The second-order valence-electron chi connectivity index (χ2n) is 6.61. The van der Waals surface area contributed by atoms with Gasteiger partial charge in [0.25, 0.3) is 5.91 Å². The molecule has 0 spiro atoms. The largest absolute Gasteiger partial charge is 0.466 e. The highest BCUT2D eigenvalue weighted by molar-refractivity contribution is 5.97. The molecule has 1 aromatic rings. The van der Waals surface area contributed by atoms with Crippen molar-refractivity contribution in [2.75, 3.05) is 20.1 Å². The summed E-state index contributed by atoms with van der Waals surface area (Å²) in [7, 11) is 2.19. The van der Waals surface area contributed by atoms with Gasteiger partial charge in [0.15, 0.2) is 0 Å². The maximum Gasteiger partial charge on any atom is 0.257 e. The number of nitrogens with zero attached hydrogens (tertiary/aromatic N) is 2. The van der Waals surface area contributed by atoms with Crippen molar-refractivity contribution < 1.29 is 9.21 Å². The van der Waals surface area contributed by atoms with Crippen LogP contribution in [0, 0.1) is 20.8 Å². The van der Waals surface area contributed by atoms with Crippen molar-refractivity contribution in [3.05, 3.63) is 22.6 Å². The highest BCUT2D eigenvalue weighted by Gasteiger charge is 2.39. The van der Waals surface area contributed by atoms with Crippen molar-refractivity contribution in [3.63, 3.8) is 0 Å². The normalized spacial score (nSPS) is 26.8. The van der Waals surface area contributed by atoms with Gasteiger partial charge in [-0.15, -0.1) is 0 Å². The van der Waals surface area contributed by atoms with E-state index in [4.69, 9.17) is 4.42 Å². The van der Waals surface area contributed by atoms with E-state index in [9.17, 15) is 4.79 Å². The topological polar surface area (TPSA) is 36.7 Å². The molecule has 2 saturated heterocycles. The van der Waals surface area contributed by atoms with Gasteiger partial charge in [0.05, 0.1) is 5.56 Å². The second-order valence-corrected chi connectivity index (χ2v) is 6.61. The van der Waals surface area contributed by atoms with Crippen LogP contribution >= 0.6 is 0 Å². The summed E-state index contributed by atoms with van der Waals surface area (Å²) in [5, 5.41) is 0. The molecule has 0 radical (unpaired) electrons. The smallest absolute Gasteiger partial charge is 0.257 e. The number of rotatable bonds is 2. The predicted molar refractivity (Wildman–Crippen MR) is 82.6 cm³/mol. The summed E-state index contributed by atoms with van der Waals surface area (Å²) < 4.78 is 5.65. The van der Waals surface area contributed by atoms with Crippen molar-refractivity contribution in [1.29, 1.82) is 0 Å². The van der Waals surface area contributed by atoms with E-state index in [1.54, 1.807) is 0 Å². The van der Waals surface area contributed by atoms with Crippen LogP contribution in [-0.4, -0.2) is 47.9 Å². The summed E-state index contributed by atoms with van der Waals surface area (Å²) in [5.74, 6) is 1.80. The lowest BCUT2D eigenvalue weighted by molar-refractivity contribution is 0.0662. The number of furan rings is 1. The van der Waals surface area contributed by atoms with Crippen LogP contribution in [0.5, 0.6) is 0 Å². The number of hydrogen-bond acceptors (Lipinski definition) is 3. The Kier molecular flexibility index (Phi) is 3.82. The molecule has 0 aliphatic carbocycles. The van der Waals surface area contributed by atoms with Gasteiger partial charge in [0.2, 0.25) is 0 Å². The Bertz CT molecular complexity index is 549. The number of amides is 1. The first-order valence-electron chi connectivity index (χ1n) is 8.08. The highest BCUT2D eigenvalue weighted by atomic mass is 16.3. The van der Waals surface area contributed by atoms with E-state index in [2.05, 4.69) is 16.8 Å². The van der Waals surface area contributed by atoms with Crippen LogP contribution in [0.1, 0.15) is 53.1 Å². The lowest BCUT2D eigenvalue weighted by Gasteiger charge is -2.33. The lowest BCUT2D eigenvalue weighted by Crippen LogP contribution is -2.47. The Morgan fingerprint density at radius 3 is 2.29 bits per heavy atom. The van der Waals surface area contributed by atoms with Crippen molar-refractivity contribution in [1.82, 2.24) is 9.80 Å². The SMILES string of the molecule is Cc1oc(C)c(C(=O)N2CCC[C@H]2[C@@H]2CCCN2C)c1C. The Morgan fingerprint density at radius 1 is 1.05 bits per heavy atom. The first-order chi connectivity index (χ1) is 10.0. The molecule has 0 saturated carbocycles. The molecule has 1 aromatic heterocycles. The lowest BCUT2D eigenvalue weighted by atomic mass is 10.0. The van der Waals surface area contributed by atoms with Gasteiger partial charge in [0, 0.05) is 24.2 Å². The van der Waals surface area contributed by atoms with Gasteiger partial charge in [-0.05, 0) is 60.0 Å². The van der Waals surface area contributed by atoms with Gasteiger partial charge in [-0.1, -0.05) is 0 Å². The summed E-state index contributed by atoms with van der Waals surface area (Å²) in [5.41, 5.74) is 1.79. The van der Waals surface area contributed by atoms with Crippen LogP contribution in [0.4, 0.5) is 0 Å². The molecule has 4 nitrogen and oxygen atoms in total. The second kappa shape index (κ2) is 5.48. The molecule has 0 aromatic carbocycles. The highest BCUT2D eigenvalue weighted by Crippen LogP contribution is 2.32. The molecule has 3 rings (SSSR count). The molecule has 4 heteroatoms. The maximum atomic E-state index is 13.0. The minimum Gasteiger partial charge on any atom is -0.466 e. The zero-order valence-electron chi connectivity index (χ0n) is 13.6. The molecule has 21 heavy (non-hydrogen) atoms. The Hall–Kier alpha value is -1.29. The van der Waals surface area contributed by atoms with E-state index >= 15 is 0 Å². The van der Waals surface area contributed by atoms with E-state index in [1.165, 1.54) is 12.8 Å². The van der Waals surface area contributed by atoms with Gasteiger partial charge >= 0.3 is 0 Å². The summed E-state index contributed by atoms with van der Waals surface area (Å²) in [6.45, 7) is 7.88. The Balaban J connectivity index is 1.86. The van der Waals surface area contributed by atoms with Crippen LogP contribution < -0.4 is 0 Å². The van der Waals surface area contributed by atoms with E-state index in [0.29, 0.717) is 12.1 Å². The number of carbonyl (C=O) groups is 1. The molecule has 3 heterocycles. The number of carbonyl (C=O) groups excluding carboxylic acids is 1. The Labute approximate surface area is 127 Å². The van der Waals surface area contributed by atoms with Crippen LogP contribution in [0.15, 0.2) is 4.42 Å². The third-order valence-electron chi connectivity index (χ3n) is 5.36. The fourth-order valence-electron chi connectivity index (χ4n) is 4.12. The minimum atomic E-state index is 0.171. The van der Waals surface area contributed by atoms with E-state index in [1.807, 2.05) is 20.8 Å². The molecule has 2 atom stereocenters. The summed E-state index contributed by atoms with van der Waals surface area (Å²) in [4.78, 5) is 17.6. The zero-order chi connectivity index (χ0) is 15.1. The first kappa shape index (κ1) is 14.6. The summed E-state index contributed by atoms with van der Waals surface area (Å²) >= 11 is 0. The first-order valence-corrected chi connectivity index (χ1v) is 8.08. The molecular formula is C17H26N2O2. The number of likely N-dealkylation sites (N-methyl/N-ethyl adjacent to an activating group) is 1. The summed E-state index contributed by atoms with van der Waals surface area (Å²) in [6, 6.07) is 0.907. The van der Waals surface area contributed by atoms with Crippen LogP contribution in [0.25, 0.3) is 0 Å². The van der Waals surface area contributed by atoms with Gasteiger partial charge in [-0.2, -0.15) is 0 Å². The van der Waals surface area contributed by atoms with Crippen molar-refractivity contribution >= 4 is 5.91 Å². The van der Waals surface area contributed by atoms with E-state index in [-0.39, 0.29) is 5.91 Å². The molecular weight excluding hydrogens is 264 g/mol. The molecule has 0 N–H and O–H groups in total. The van der Waals surface area contributed by atoms with Gasteiger partial charge in [-0.25, -0.2) is 0 Å². The van der Waals surface area contributed by atoms with E-state index in [0.717, 1.165) is 48.6 Å². The number of likely N-dealkylation sites (tertiary alicyclic amines) is 2. The molecule has 0 unspecified atom stereocenters. The van der Waals surface area contributed by atoms with Crippen molar-refractivity contribution in [3.8, 4) is 0 Å². The van der Waals surface area contributed by atoms with E-state index < -0.39 is 0 Å². The number of aryl methyl sites for hydroxylation is 2. The zero-order valence-corrected chi connectivity index (χ0v) is 13.6.